The quantitative estimate of drug-likeness (QED) is 0.420. The molecule has 0 saturated heterocycles. The molecule has 0 spiro atoms. The maximum atomic E-state index is 11.1. The number of benzene rings is 1. The Morgan fingerprint density at radius 1 is 1.29 bits per heavy atom. The molecule has 1 radical (unpaired) electrons. The third-order valence-corrected chi connectivity index (χ3v) is 1.58. The van der Waals surface area contributed by atoms with Crippen LogP contribution in [0.3, 0.4) is 0 Å². The number of nitrogens with zero attached hydrogens (tertiary/aromatic N) is 1. The van der Waals surface area contributed by atoms with Gasteiger partial charge < -0.3 is 10.2 Å². The first-order valence-electron chi connectivity index (χ1n) is 4.18. The molecule has 0 N–H and O–H groups in total. The van der Waals surface area contributed by atoms with Crippen LogP contribution in [0.5, 0.6) is 5.75 Å². The smallest absolute Gasteiger partial charge is 0.872 e. The van der Waals surface area contributed by atoms with Crippen LogP contribution in [0.25, 0.3) is 0 Å². The number of aliphatic imine (C=N–C) groups is 1. The van der Waals surface area contributed by atoms with Gasteiger partial charge in [-0.1, -0.05) is 24.3 Å². The van der Waals surface area contributed by atoms with Gasteiger partial charge in [-0.15, -0.1) is 12.4 Å². The Balaban J connectivity index is 0.00000169. The SMILES string of the molecule is [Cu+2].[O-]CCCN=Cc1ccccc1[O-]. The van der Waals surface area contributed by atoms with Gasteiger partial charge in [-0.25, -0.2) is 0 Å². The van der Waals surface area contributed by atoms with Crippen LogP contribution in [0, 0.1) is 0 Å². The van der Waals surface area contributed by atoms with E-state index in [0.717, 1.165) is 0 Å². The van der Waals surface area contributed by atoms with Gasteiger partial charge in [0, 0.05) is 12.8 Å². The van der Waals surface area contributed by atoms with Crippen LogP contribution >= 0.6 is 0 Å². The molecule has 79 valence electrons. The summed E-state index contributed by atoms with van der Waals surface area (Å²) in [5.41, 5.74) is 0.577. The van der Waals surface area contributed by atoms with Gasteiger partial charge in [0.05, 0.1) is 0 Å². The van der Waals surface area contributed by atoms with E-state index >= 15 is 0 Å². The van der Waals surface area contributed by atoms with Gasteiger partial charge >= 0.3 is 17.1 Å². The predicted octanol–water partition coefficient (Wildman–Crippen LogP) is -0.0730. The fraction of sp³-hybridized carbons (Fsp3) is 0.300. The van der Waals surface area contributed by atoms with E-state index in [1.807, 2.05) is 0 Å². The fourth-order valence-corrected chi connectivity index (χ4v) is 0.906. The average molecular weight is 241 g/mol. The molecule has 1 aromatic rings. The van der Waals surface area contributed by atoms with Gasteiger partial charge in [-0.2, -0.15) is 0 Å². The van der Waals surface area contributed by atoms with Gasteiger partial charge in [0.1, 0.15) is 0 Å². The summed E-state index contributed by atoms with van der Waals surface area (Å²) in [6.45, 7) is 0.383. The van der Waals surface area contributed by atoms with Crippen LogP contribution in [0.2, 0.25) is 0 Å². The van der Waals surface area contributed by atoms with Crippen molar-refractivity contribution >= 4 is 6.21 Å². The summed E-state index contributed by atoms with van der Waals surface area (Å²) in [7, 11) is 0. The summed E-state index contributed by atoms with van der Waals surface area (Å²) in [6.07, 6.45) is 2.05. The molecule has 0 heterocycles. The summed E-state index contributed by atoms with van der Waals surface area (Å²) in [5.74, 6) is -0.0339. The summed E-state index contributed by atoms with van der Waals surface area (Å²) < 4.78 is 0. The van der Waals surface area contributed by atoms with Crippen molar-refractivity contribution in [3.05, 3.63) is 29.8 Å². The first kappa shape index (κ1) is 13.2. The molecule has 0 aliphatic carbocycles. The van der Waals surface area contributed by atoms with Gasteiger partial charge in [0.25, 0.3) is 0 Å². The van der Waals surface area contributed by atoms with Crippen molar-refractivity contribution in [1.29, 1.82) is 0 Å². The van der Waals surface area contributed by atoms with Gasteiger partial charge in [0.15, 0.2) is 0 Å². The third kappa shape index (κ3) is 4.42. The molecule has 14 heavy (non-hydrogen) atoms. The van der Waals surface area contributed by atoms with E-state index in [1.54, 1.807) is 18.2 Å². The van der Waals surface area contributed by atoms with Gasteiger partial charge in [0.2, 0.25) is 0 Å². The molecular formula is C10H11CuNO2. The van der Waals surface area contributed by atoms with Crippen molar-refractivity contribution < 1.29 is 27.3 Å². The molecular weight excluding hydrogens is 230 g/mol. The summed E-state index contributed by atoms with van der Waals surface area (Å²) >= 11 is 0. The van der Waals surface area contributed by atoms with E-state index in [9.17, 15) is 10.2 Å². The molecule has 0 unspecified atom stereocenters. The molecule has 0 saturated carbocycles. The normalized spacial score (nSPS) is 10.1. The first-order valence-corrected chi connectivity index (χ1v) is 4.18. The zero-order chi connectivity index (χ0) is 9.52. The Hall–Kier alpha value is -0.831. The molecule has 1 aromatic carbocycles. The Morgan fingerprint density at radius 2 is 2.00 bits per heavy atom. The van der Waals surface area contributed by atoms with Crippen LogP contribution in [-0.4, -0.2) is 19.4 Å². The molecule has 0 atom stereocenters. The van der Waals surface area contributed by atoms with Crippen molar-refractivity contribution in [3.8, 4) is 5.75 Å². The summed E-state index contributed by atoms with van der Waals surface area (Å²) in [5, 5.41) is 21.2. The third-order valence-electron chi connectivity index (χ3n) is 1.58. The topological polar surface area (TPSA) is 58.5 Å². The van der Waals surface area contributed by atoms with Crippen LogP contribution in [0.15, 0.2) is 29.3 Å². The Bertz CT molecular complexity index is 289. The number of hydrogen-bond donors (Lipinski definition) is 0. The second kappa shape index (κ2) is 7.56. The summed E-state index contributed by atoms with van der Waals surface area (Å²) in [4.78, 5) is 3.97. The second-order valence-corrected chi connectivity index (χ2v) is 2.63. The second-order valence-electron chi connectivity index (χ2n) is 2.63. The van der Waals surface area contributed by atoms with Crippen LogP contribution in [0.1, 0.15) is 12.0 Å². The predicted molar refractivity (Wildman–Crippen MR) is 47.8 cm³/mol. The largest absolute Gasteiger partial charge is 2.00 e. The molecule has 0 fully saturated rings. The van der Waals surface area contributed by atoms with Crippen molar-refractivity contribution in [2.45, 2.75) is 6.42 Å². The van der Waals surface area contributed by atoms with Crippen molar-refractivity contribution in [1.82, 2.24) is 0 Å². The van der Waals surface area contributed by atoms with Crippen LogP contribution in [-0.2, 0) is 17.1 Å². The maximum absolute atomic E-state index is 11.1. The standard InChI is InChI=1S/C10H12NO2.Cu/c12-7-3-6-11-8-9-4-1-2-5-10(9)13;/h1-2,4-5,8,13H,3,6-7H2;/q-1;+2/p-1. The molecule has 0 aliphatic rings. The van der Waals surface area contributed by atoms with Gasteiger partial charge in [-0.05, 0) is 12.0 Å². The van der Waals surface area contributed by atoms with E-state index in [-0.39, 0.29) is 29.4 Å². The minimum absolute atomic E-state index is 0. The van der Waals surface area contributed by atoms with E-state index in [0.29, 0.717) is 18.5 Å². The zero-order valence-electron chi connectivity index (χ0n) is 7.57. The zero-order valence-corrected chi connectivity index (χ0v) is 8.51. The number of rotatable bonds is 4. The minimum atomic E-state index is -0.115. The van der Waals surface area contributed by atoms with Crippen molar-refractivity contribution in [3.63, 3.8) is 0 Å². The van der Waals surface area contributed by atoms with Crippen LogP contribution in [0.4, 0.5) is 0 Å². The number of para-hydroxylation sites is 1. The Labute approximate surface area is 94.0 Å². The van der Waals surface area contributed by atoms with E-state index < -0.39 is 0 Å². The number of hydrogen-bond acceptors (Lipinski definition) is 3. The van der Waals surface area contributed by atoms with Crippen molar-refractivity contribution in [2.75, 3.05) is 13.2 Å². The monoisotopic (exact) mass is 240 g/mol. The van der Waals surface area contributed by atoms with E-state index in [1.165, 1.54) is 12.3 Å². The summed E-state index contributed by atoms with van der Waals surface area (Å²) in [6, 6.07) is 6.69. The maximum Gasteiger partial charge on any atom is 2.00 e. The molecule has 3 nitrogen and oxygen atoms in total. The molecule has 1 rings (SSSR count). The molecule has 0 aromatic heterocycles. The average Bonchev–Trinajstić information content (AvgIpc) is 2.15. The fourth-order valence-electron chi connectivity index (χ4n) is 0.906. The molecule has 4 heteroatoms. The Morgan fingerprint density at radius 3 is 2.64 bits per heavy atom. The molecule has 0 bridgehead atoms. The Kier molecular flexibility index (Phi) is 7.11. The van der Waals surface area contributed by atoms with E-state index in [2.05, 4.69) is 4.99 Å². The molecule has 0 aliphatic heterocycles. The van der Waals surface area contributed by atoms with E-state index in [4.69, 9.17) is 0 Å². The molecule has 0 amide bonds. The van der Waals surface area contributed by atoms with Crippen molar-refractivity contribution in [2.24, 2.45) is 4.99 Å². The minimum Gasteiger partial charge on any atom is -0.872 e. The first-order chi connectivity index (χ1) is 6.34. The van der Waals surface area contributed by atoms with Gasteiger partial charge in [-0.3, -0.25) is 4.99 Å². The van der Waals surface area contributed by atoms with Crippen LogP contribution < -0.4 is 10.2 Å².